The van der Waals surface area contributed by atoms with Crippen molar-refractivity contribution >= 4 is 17.3 Å². The van der Waals surface area contributed by atoms with Crippen LogP contribution in [0, 0.1) is 0 Å². The molecular formula is C2H7CuN3S. The molecule has 0 aliphatic carbocycles. The number of nitrogens with one attached hydrogen (secondary N) is 2. The van der Waals surface area contributed by atoms with Gasteiger partial charge in [0.25, 0.3) is 0 Å². The van der Waals surface area contributed by atoms with Crippen LogP contribution in [0.3, 0.4) is 0 Å². The molecule has 0 spiro atoms. The molecule has 0 aromatic rings. The van der Waals surface area contributed by atoms with Gasteiger partial charge in [-0.2, -0.15) is 0 Å². The van der Waals surface area contributed by atoms with Crippen LogP contribution >= 0.6 is 12.2 Å². The van der Waals surface area contributed by atoms with E-state index in [0.717, 1.165) is 0 Å². The number of hydrazine groups is 1. The Bertz CT molecular complexity index is 50.9. The van der Waals surface area contributed by atoms with Gasteiger partial charge in [-0.15, -0.1) is 0 Å². The molecule has 5 heteroatoms. The second kappa shape index (κ2) is 6.17. The van der Waals surface area contributed by atoms with Gasteiger partial charge in [0.2, 0.25) is 0 Å². The number of rotatable bonds is 0. The summed E-state index contributed by atoms with van der Waals surface area (Å²) in [6, 6.07) is 0. The molecule has 0 rings (SSSR count). The summed E-state index contributed by atoms with van der Waals surface area (Å²) in [6.07, 6.45) is 0. The van der Waals surface area contributed by atoms with Gasteiger partial charge in [-0.05, 0) is 12.2 Å². The van der Waals surface area contributed by atoms with Crippen LogP contribution in [-0.2, 0) is 17.1 Å². The Kier molecular flexibility index (Phi) is 9.00. The molecule has 0 aromatic carbocycles. The fourth-order valence-corrected chi connectivity index (χ4v) is 0.0722. The van der Waals surface area contributed by atoms with Crippen molar-refractivity contribution in [1.29, 1.82) is 0 Å². The van der Waals surface area contributed by atoms with Gasteiger partial charge in [-0.25, -0.2) is 5.84 Å². The molecule has 0 unspecified atom stereocenters. The first kappa shape index (κ1) is 10.2. The minimum Gasteiger partial charge on any atom is -0.365 e. The Hall–Kier alpha value is 0.169. The van der Waals surface area contributed by atoms with Crippen molar-refractivity contribution in [2.24, 2.45) is 5.84 Å². The molecule has 0 saturated carbocycles. The summed E-state index contributed by atoms with van der Waals surface area (Å²) in [7, 11) is 1.70. The molecule has 3 nitrogen and oxygen atoms in total. The quantitative estimate of drug-likeness (QED) is 0.187. The van der Waals surface area contributed by atoms with Gasteiger partial charge >= 0.3 is 0 Å². The van der Waals surface area contributed by atoms with E-state index >= 15 is 0 Å². The number of hydrogen-bond acceptors (Lipinski definition) is 2. The SMILES string of the molecule is CNC(=S)NN.[Cu]. The first-order valence-electron chi connectivity index (χ1n) is 1.49. The van der Waals surface area contributed by atoms with E-state index in [1.807, 2.05) is 0 Å². The van der Waals surface area contributed by atoms with Crippen molar-refractivity contribution in [3.8, 4) is 0 Å². The third-order valence-corrected chi connectivity index (χ3v) is 0.680. The van der Waals surface area contributed by atoms with Crippen molar-refractivity contribution in [2.75, 3.05) is 7.05 Å². The third-order valence-electron chi connectivity index (χ3n) is 0.358. The van der Waals surface area contributed by atoms with Crippen molar-refractivity contribution in [1.82, 2.24) is 10.7 Å². The molecule has 0 aliphatic rings. The van der Waals surface area contributed by atoms with Gasteiger partial charge in [0.1, 0.15) is 0 Å². The number of nitrogens with two attached hydrogens (primary N) is 1. The Labute approximate surface area is 58.5 Å². The van der Waals surface area contributed by atoms with Crippen LogP contribution in [0.5, 0.6) is 0 Å². The molecule has 7 heavy (non-hydrogen) atoms. The Morgan fingerprint density at radius 3 is 2.14 bits per heavy atom. The van der Waals surface area contributed by atoms with Gasteiger partial charge in [0.15, 0.2) is 5.11 Å². The predicted octanol–water partition coefficient (Wildman–Crippen LogP) is -1.05. The van der Waals surface area contributed by atoms with Gasteiger partial charge in [0.05, 0.1) is 0 Å². The van der Waals surface area contributed by atoms with Crippen molar-refractivity contribution in [2.45, 2.75) is 0 Å². The van der Waals surface area contributed by atoms with Gasteiger partial charge < -0.3 is 10.7 Å². The van der Waals surface area contributed by atoms with E-state index in [0.29, 0.717) is 5.11 Å². The smallest absolute Gasteiger partial charge is 0.180 e. The number of hydrogen-bond donors (Lipinski definition) is 3. The molecule has 0 amide bonds. The molecule has 1 radical (unpaired) electrons. The zero-order valence-electron chi connectivity index (χ0n) is 3.79. The summed E-state index contributed by atoms with van der Waals surface area (Å²) in [4.78, 5) is 0. The van der Waals surface area contributed by atoms with Crippen molar-refractivity contribution < 1.29 is 17.1 Å². The zero-order chi connectivity index (χ0) is 4.99. The molecule has 0 aliphatic heterocycles. The normalized spacial score (nSPS) is 6.00. The van der Waals surface area contributed by atoms with E-state index in [9.17, 15) is 0 Å². The summed E-state index contributed by atoms with van der Waals surface area (Å²) in [5.74, 6) is 4.83. The van der Waals surface area contributed by atoms with E-state index in [2.05, 4.69) is 23.0 Å². The van der Waals surface area contributed by atoms with Gasteiger partial charge in [-0.3, -0.25) is 0 Å². The molecule has 0 atom stereocenters. The maximum Gasteiger partial charge on any atom is 0.180 e. The number of thiocarbonyl (C=S) groups is 1. The topological polar surface area (TPSA) is 50.1 Å². The fraction of sp³-hybridized carbons (Fsp3) is 0.500. The van der Waals surface area contributed by atoms with Crippen molar-refractivity contribution in [3.05, 3.63) is 0 Å². The Morgan fingerprint density at radius 1 is 1.71 bits per heavy atom. The molecule has 0 bridgehead atoms. The standard InChI is InChI=1S/C2H7N3S.Cu/c1-4-2(6)5-3;/h3H2,1H3,(H2,4,5,6);. The first-order valence-corrected chi connectivity index (χ1v) is 1.90. The fourth-order valence-electron chi connectivity index (χ4n) is 0.0722. The van der Waals surface area contributed by atoms with E-state index in [1.165, 1.54) is 0 Å². The van der Waals surface area contributed by atoms with E-state index < -0.39 is 0 Å². The van der Waals surface area contributed by atoms with Gasteiger partial charge in [-0.1, -0.05) is 0 Å². The molecule has 0 heterocycles. The maximum absolute atomic E-state index is 4.83. The first-order chi connectivity index (χ1) is 2.81. The summed E-state index contributed by atoms with van der Waals surface area (Å²) in [5, 5.41) is 3.06. The van der Waals surface area contributed by atoms with Crippen LogP contribution in [0.15, 0.2) is 0 Å². The monoisotopic (exact) mass is 168 g/mol. The van der Waals surface area contributed by atoms with Gasteiger partial charge in [0, 0.05) is 24.1 Å². The van der Waals surface area contributed by atoms with Crippen LogP contribution in [0.1, 0.15) is 0 Å². The Morgan fingerprint density at radius 2 is 2.14 bits per heavy atom. The summed E-state index contributed by atoms with van der Waals surface area (Å²) < 4.78 is 0. The molecule has 47 valence electrons. The maximum atomic E-state index is 4.83. The van der Waals surface area contributed by atoms with E-state index in [4.69, 9.17) is 5.84 Å². The predicted molar refractivity (Wildman–Crippen MR) is 29.0 cm³/mol. The van der Waals surface area contributed by atoms with E-state index in [-0.39, 0.29) is 17.1 Å². The van der Waals surface area contributed by atoms with Crippen molar-refractivity contribution in [3.63, 3.8) is 0 Å². The Balaban J connectivity index is 0. The molecular weight excluding hydrogens is 162 g/mol. The summed E-state index contributed by atoms with van der Waals surface area (Å²) in [5.41, 5.74) is 2.23. The van der Waals surface area contributed by atoms with Crippen LogP contribution in [-0.4, -0.2) is 12.2 Å². The van der Waals surface area contributed by atoms with E-state index in [1.54, 1.807) is 7.05 Å². The van der Waals surface area contributed by atoms with Crippen LogP contribution in [0.25, 0.3) is 0 Å². The van der Waals surface area contributed by atoms with Crippen LogP contribution < -0.4 is 16.6 Å². The van der Waals surface area contributed by atoms with Crippen LogP contribution in [0.2, 0.25) is 0 Å². The largest absolute Gasteiger partial charge is 0.365 e. The molecule has 0 saturated heterocycles. The average molecular weight is 169 g/mol. The molecule has 0 aromatic heterocycles. The minimum atomic E-state index is 0. The second-order valence-electron chi connectivity index (χ2n) is 0.723. The summed E-state index contributed by atoms with van der Waals surface area (Å²) >= 11 is 4.51. The zero-order valence-corrected chi connectivity index (χ0v) is 5.55. The second-order valence-corrected chi connectivity index (χ2v) is 1.13. The molecule has 0 fully saturated rings. The third kappa shape index (κ3) is 6.17. The average Bonchev–Trinajstić information content (AvgIpc) is 1.65. The summed E-state index contributed by atoms with van der Waals surface area (Å²) in [6.45, 7) is 0. The minimum absolute atomic E-state index is 0. The molecule has 4 N–H and O–H groups in total. The van der Waals surface area contributed by atoms with Crippen LogP contribution in [0.4, 0.5) is 0 Å².